The topological polar surface area (TPSA) is 75.6 Å². The highest BCUT2D eigenvalue weighted by atomic mass is 16.5. The number of benzene rings is 2. The molecule has 126 valence electrons. The van der Waals surface area contributed by atoms with E-state index in [1.54, 1.807) is 6.07 Å². The van der Waals surface area contributed by atoms with Crippen LogP contribution in [0.15, 0.2) is 48.5 Å². The minimum absolute atomic E-state index is 0.0613. The van der Waals surface area contributed by atoms with Crippen LogP contribution in [0.25, 0.3) is 0 Å². The maximum Gasteiger partial charge on any atom is 0.339 e. The van der Waals surface area contributed by atoms with Gasteiger partial charge in [-0.25, -0.2) is 4.79 Å². The number of carboxylic acids is 1. The molecule has 0 aliphatic rings. The lowest BCUT2D eigenvalue weighted by Gasteiger charge is -2.15. The minimum atomic E-state index is -1.07. The van der Waals surface area contributed by atoms with Gasteiger partial charge in [0, 0.05) is 18.2 Å². The van der Waals surface area contributed by atoms with Gasteiger partial charge in [0.05, 0.1) is 7.11 Å². The van der Waals surface area contributed by atoms with Crippen molar-refractivity contribution >= 4 is 17.6 Å². The second-order valence-electron chi connectivity index (χ2n) is 5.49. The summed E-state index contributed by atoms with van der Waals surface area (Å²) in [7, 11) is 1.40. The summed E-state index contributed by atoms with van der Waals surface area (Å²) in [4.78, 5) is 23.4. The number of amides is 1. The van der Waals surface area contributed by atoms with Crippen molar-refractivity contribution in [3.63, 3.8) is 0 Å². The Labute approximate surface area is 141 Å². The molecule has 0 spiro atoms. The van der Waals surface area contributed by atoms with Crippen LogP contribution < -0.4 is 10.1 Å². The van der Waals surface area contributed by atoms with Crippen LogP contribution in [-0.2, 0) is 4.79 Å². The van der Waals surface area contributed by atoms with Gasteiger partial charge in [0.2, 0.25) is 5.91 Å². The third-order valence-corrected chi connectivity index (χ3v) is 3.91. The molecule has 0 fully saturated rings. The van der Waals surface area contributed by atoms with Crippen LogP contribution in [0.1, 0.15) is 41.6 Å². The van der Waals surface area contributed by atoms with Gasteiger partial charge >= 0.3 is 5.97 Å². The van der Waals surface area contributed by atoms with E-state index in [0.717, 1.165) is 12.0 Å². The van der Waals surface area contributed by atoms with Gasteiger partial charge in [0.1, 0.15) is 11.3 Å². The van der Waals surface area contributed by atoms with Crippen molar-refractivity contribution in [1.82, 2.24) is 0 Å². The van der Waals surface area contributed by atoms with Crippen molar-refractivity contribution in [1.29, 1.82) is 0 Å². The van der Waals surface area contributed by atoms with Crippen LogP contribution in [-0.4, -0.2) is 24.1 Å². The number of aromatic carboxylic acids is 1. The zero-order valence-electron chi connectivity index (χ0n) is 13.8. The summed E-state index contributed by atoms with van der Waals surface area (Å²) in [6.45, 7) is 2.05. The molecule has 0 aliphatic carbocycles. The summed E-state index contributed by atoms with van der Waals surface area (Å²) in [6, 6.07) is 14.4. The van der Waals surface area contributed by atoms with Gasteiger partial charge in [-0.3, -0.25) is 4.79 Å². The van der Waals surface area contributed by atoms with Crippen molar-refractivity contribution < 1.29 is 19.4 Å². The van der Waals surface area contributed by atoms with Crippen LogP contribution in [0.3, 0.4) is 0 Å². The van der Waals surface area contributed by atoms with E-state index < -0.39 is 5.97 Å². The summed E-state index contributed by atoms with van der Waals surface area (Å²) < 4.78 is 5.07. The predicted octanol–water partition coefficient (Wildman–Crippen LogP) is 3.92. The van der Waals surface area contributed by atoms with E-state index in [1.807, 2.05) is 30.3 Å². The molecular formula is C19H21NO4. The van der Waals surface area contributed by atoms with Gasteiger partial charge in [-0.05, 0) is 30.0 Å². The highest BCUT2D eigenvalue weighted by molar-refractivity contribution is 5.94. The zero-order chi connectivity index (χ0) is 17.5. The average Bonchev–Trinajstić information content (AvgIpc) is 2.60. The normalized spacial score (nSPS) is 11.6. The van der Waals surface area contributed by atoms with Crippen LogP contribution in [0.2, 0.25) is 0 Å². The highest BCUT2D eigenvalue weighted by Gasteiger charge is 2.16. The lowest BCUT2D eigenvalue weighted by atomic mass is 9.93. The molecule has 24 heavy (non-hydrogen) atoms. The van der Waals surface area contributed by atoms with E-state index in [2.05, 4.69) is 12.2 Å². The number of hydrogen-bond donors (Lipinski definition) is 2. The fourth-order valence-electron chi connectivity index (χ4n) is 2.60. The van der Waals surface area contributed by atoms with Gasteiger partial charge < -0.3 is 15.2 Å². The van der Waals surface area contributed by atoms with Crippen LogP contribution in [0.5, 0.6) is 5.75 Å². The monoisotopic (exact) mass is 327 g/mol. The zero-order valence-corrected chi connectivity index (χ0v) is 13.8. The summed E-state index contributed by atoms with van der Waals surface area (Å²) >= 11 is 0. The molecule has 0 saturated carbocycles. The second-order valence-corrected chi connectivity index (χ2v) is 5.49. The molecular weight excluding hydrogens is 306 g/mol. The molecule has 0 aliphatic heterocycles. The molecule has 0 heterocycles. The van der Waals surface area contributed by atoms with E-state index in [-0.39, 0.29) is 23.1 Å². The van der Waals surface area contributed by atoms with Gasteiger partial charge in [0.25, 0.3) is 0 Å². The third-order valence-electron chi connectivity index (χ3n) is 3.91. The molecule has 2 aromatic rings. The molecule has 0 bridgehead atoms. The average molecular weight is 327 g/mol. The van der Waals surface area contributed by atoms with E-state index in [4.69, 9.17) is 9.84 Å². The fourth-order valence-corrected chi connectivity index (χ4v) is 2.60. The molecule has 1 amide bonds. The smallest absolute Gasteiger partial charge is 0.339 e. The molecule has 5 nitrogen and oxygen atoms in total. The summed E-state index contributed by atoms with van der Waals surface area (Å²) in [5.74, 6) is -0.822. The van der Waals surface area contributed by atoms with E-state index >= 15 is 0 Å². The van der Waals surface area contributed by atoms with Crippen molar-refractivity contribution in [2.75, 3.05) is 12.4 Å². The fraction of sp³-hybridized carbons (Fsp3) is 0.263. The number of nitrogens with one attached hydrogen (secondary N) is 1. The lowest BCUT2D eigenvalue weighted by Crippen LogP contribution is -2.15. The van der Waals surface area contributed by atoms with Gasteiger partial charge in [0.15, 0.2) is 0 Å². The Hall–Kier alpha value is -2.82. The third kappa shape index (κ3) is 4.35. The first-order chi connectivity index (χ1) is 11.5. The number of anilines is 1. The van der Waals surface area contributed by atoms with Crippen molar-refractivity contribution in [3.8, 4) is 5.75 Å². The number of carbonyl (C=O) groups excluding carboxylic acids is 1. The molecule has 0 saturated heterocycles. The standard InChI is InChI=1S/C19H21NO4/c1-3-13(14-7-5-4-6-8-14)11-18(21)20-15-9-10-16(19(22)23)17(12-15)24-2/h4-10,12-13H,3,11H2,1-2H3,(H,20,21)(H,22,23). The molecule has 5 heteroatoms. The Morgan fingerprint density at radius 1 is 1.17 bits per heavy atom. The van der Waals surface area contributed by atoms with Gasteiger partial charge in [-0.2, -0.15) is 0 Å². The van der Waals surface area contributed by atoms with E-state index in [1.165, 1.54) is 19.2 Å². The van der Waals surface area contributed by atoms with Crippen molar-refractivity contribution in [3.05, 3.63) is 59.7 Å². The Kier molecular flexibility index (Phi) is 5.95. The Balaban J connectivity index is 2.08. The van der Waals surface area contributed by atoms with Crippen LogP contribution in [0, 0.1) is 0 Å². The van der Waals surface area contributed by atoms with Crippen LogP contribution in [0.4, 0.5) is 5.69 Å². The Bertz CT molecular complexity index is 713. The molecule has 0 radical (unpaired) electrons. The second kappa shape index (κ2) is 8.15. The minimum Gasteiger partial charge on any atom is -0.496 e. The first-order valence-corrected chi connectivity index (χ1v) is 7.81. The summed E-state index contributed by atoms with van der Waals surface area (Å²) in [5, 5.41) is 11.9. The molecule has 2 aromatic carbocycles. The SMILES string of the molecule is CCC(CC(=O)Nc1ccc(C(=O)O)c(OC)c1)c1ccccc1. The highest BCUT2D eigenvalue weighted by Crippen LogP contribution is 2.26. The number of carboxylic acid groups (broad SMARTS) is 1. The van der Waals surface area contributed by atoms with E-state index in [0.29, 0.717) is 12.1 Å². The quantitative estimate of drug-likeness (QED) is 0.808. The van der Waals surface area contributed by atoms with Gasteiger partial charge in [-0.1, -0.05) is 37.3 Å². The Morgan fingerprint density at radius 2 is 1.88 bits per heavy atom. The van der Waals surface area contributed by atoms with Crippen molar-refractivity contribution in [2.45, 2.75) is 25.7 Å². The molecule has 2 N–H and O–H groups in total. The number of ether oxygens (including phenoxy) is 1. The van der Waals surface area contributed by atoms with Gasteiger partial charge in [-0.15, -0.1) is 0 Å². The Morgan fingerprint density at radius 3 is 2.46 bits per heavy atom. The number of rotatable bonds is 7. The first-order valence-electron chi connectivity index (χ1n) is 7.81. The van der Waals surface area contributed by atoms with Crippen molar-refractivity contribution in [2.24, 2.45) is 0 Å². The summed E-state index contributed by atoms with van der Waals surface area (Å²) in [5.41, 5.74) is 1.71. The summed E-state index contributed by atoms with van der Waals surface area (Å²) in [6.07, 6.45) is 1.22. The first kappa shape index (κ1) is 17.5. The maximum atomic E-state index is 12.3. The molecule has 1 unspecified atom stereocenters. The molecule has 1 atom stereocenters. The largest absolute Gasteiger partial charge is 0.496 e. The number of carbonyl (C=O) groups is 2. The molecule has 2 rings (SSSR count). The maximum absolute atomic E-state index is 12.3. The lowest BCUT2D eigenvalue weighted by molar-refractivity contribution is -0.116. The predicted molar refractivity (Wildman–Crippen MR) is 92.7 cm³/mol. The van der Waals surface area contributed by atoms with E-state index in [9.17, 15) is 9.59 Å². The number of hydrogen-bond acceptors (Lipinski definition) is 3. The molecule has 0 aromatic heterocycles. The van der Waals surface area contributed by atoms with Crippen LogP contribution >= 0.6 is 0 Å². The number of methoxy groups -OCH3 is 1.